The van der Waals surface area contributed by atoms with Gasteiger partial charge in [-0.05, 0) is 43.0 Å². The normalized spacial score (nSPS) is 23.7. The van der Waals surface area contributed by atoms with Crippen LogP contribution in [0.15, 0.2) is 66.4 Å². The highest BCUT2D eigenvalue weighted by molar-refractivity contribution is 6.00. The van der Waals surface area contributed by atoms with Gasteiger partial charge in [-0.3, -0.25) is 0 Å². The van der Waals surface area contributed by atoms with Gasteiger partial charge in [0.05, 0.1) is 23.6 Å². The number of Topliss-reactive ketones (excluding diaryl/α,β-unsaturated/α-hetero) is 1. The maximum absolute atomic E-state index is 12.7. The molecule has 0 radical (unpaired) electrons. The van der Waals surface area contributed by atoms with Crippen LogP contribution >= 0.6 is 0 Å². The van der Waals surface area contributed by atoms with E-state index in [-0.39, 0.29) is 29.1 Å². The lowest BCUT2D eigenvalue weighted by Gasteiger charge is -2.44. The predicted molar refractivity (Wildman–Crippen MR) is 124 cm³/mol. The molecule has 35 heavy (non-hydrogen) atoms. The molecule has 8 heteroatoms. The average molecular weight is 477 g/mol. The molecule has 1 heterocycles. The minimum absolute atomic E-state index is 0.00235. The van der Waals surface area contributed by atoms with Crippen LogP contribution in [0.2, 0.25) is 0 Å². The van der Waals surface area contributed by atoms with Crippen molar-refractivity contribution < 1.29 is 22.7 Å². The summed E-state index contributed by atoms with van der Waals surface area (Å²) < 4.78 is 43.7. The van der Waals surface area contributed by atoms with Crippen LogP contribution in [0.5, 0.6) is 5.75 Å². The minimum atomic E-state index is -4.77. The Balaban J connectivity index is 1.70. The van der Waals surface area contributed by atoms with E-state index >= 15 is 0 Å². The SMILES string of the molecule is [C-]#[N+]C1=C[C@@]2(C)c3nn(-c4ccc(OC(F)(F)F)cc4)c(-c4ccccc4)c3CC[C@@H]2[C@@H](C)C1=O. The third-order valence-electron chi connectivity index (χ3n) is 7.16. The van der Waals surface area contributed by atoms with Crippen LogP contribution < -0.4 is 4.74 Å². The van der Waals surface area contributed by atoms with E-state index in [1.165, 1.54) is 12.1 Å². The molecule has 0 aliphatic heterocycles. The second kappa shape index (κ2) is 8.12. The topological polar surface area (TPSA) is 48.5 Å². The van der Waals surface area contributed by atoms with Crippen molar-refractivity contribution in [2.24, 2.45) is 11.8 Å². The van der Waals surface area contributed by atoms with Crippen molar-refractivity contribution in [2.75, 3.05) is 0 Å². The van der Waals surface area contributed by atoms with Gasteiger partial charge in [0.25, 0.3) is 0 Å². The number of carbonyl (C=O) groups is 1. The second-order valence-electron chi connectivity index (χ2n) is 9.22. The summed E-state index contributed by atoms with van der Waals surface area (Å²) >= 11 is 0. The van der Waals surface area contributed by atoms with Gasteiger partial charge in [0.15, 0.2) is 5.78 Å². The van der Waals surface area contributed by atoms with E-state index in [1.807, 2.05) is 44.2 Å². The summed E-state index contributed by atoms with van der Waals surface area (Å²) in [4.78, 5) is 16.2. The highest BCUT2D eigenvalue weighted by Gasteiger charge is 2.50. The Labute approximate surface area is 200 Å². The van der Waals surface area contributed by atoms with Gasteiger partial charge in [-0.1, -0.05) is 50.3 Å². The van der Waals surface area contributed by atoms with Crippen LogP contribution in [-0.2, 0) is 16.6 Å². The van der Waals surface area contributed by atoms with Gasteiger partial charge in [0.1, 0.15) is 5.75 Å². The van der Waals surface area contributed by atoms with E-state index in [0.29, 0.717) is 12.1 Å². The zero-order valence-corrected chi connectivity index (χ0v) is 19.1. The Morgan fingerprint density at radius 1 is 1.14 bits per heavy atom. The molecular weight excluding hydrogens is 455 g/mol. The maximum Gasteiger partial charge on any atom is 0.573 e. The molecule has 3 atom stereocenters. The van der Waals surface area contributed by atoms with Gasteiger partial charge >= 0.3 is 6.36 Å². The quantitative estimate of drug-likeness (QED) is 0.417. The fourth-order valence-electron chi connectivity index (χ4n) is 5.57. The molecule has 2 aliphatic carbocycles. The Kier molecular flexibility index (Phi) is 5.32. The Bertz CT molecular complexity index is 1370. The van der Waals surface area contributed by atoms with Crippen LogP contribution in [0.4, 0.5) is 13.2 Å². The zero-order chi connectivity index (χ0) is 25.0. The molecule has 0 N–H and O–H groups in total. The summed E-state index contributed by atoms with van der Waals surface area (Å²) in [6, 6.07) is 15.3. The Hall–Kier alpha value is -3.86. The third kappa shape index (κ3) is 3.81. The number of fused-ring (bicyclic) bond motifs is 3. The summed E-state index contributed by atoms with van der Waals surface area (Å²) in [6.07, 6.45) is -1.54. The molecule has 0 fully saturated rings. The van der Waals surface area contributed by atoms with Crippen molar-refractivity contribution in [2.45, 2.75) is 38.5 Å². The molecule has 0 saturated carbocycles. The number of hydrogen-bond acceptors (Lipinski definition) is 3. The number of ketones is 1. The molecule has 2 aliphatic rings. The van der Waals surface area contributed by atoms with Crippen LogP contribution in [-0.4, -0.2) is 21.9 Å². The number of allylic oxidation sites excluding steroid dienone is 2. The van der Waals surface area contributed by atoms with E-state index in [4.69, 9.17) is 11.7 Å². The molecular formula is C27H22F3N3O2. The number of rotatable bonds is 3. The summed E-state index contributed by atoms with van der Waals surface area (Å²) in [5.41, 5.74) is 3.70. The number of benzene rings is 2. The fourth-order valence-corrected chi connectivity index (χ4v) is 5.57. The van der Waals surface area contributed by atoms with Crippen molar-refractivity contribution in [1.82, 2.24) is 9.78 Å². The molecule has 0 amide bonds. The summed E-state index contributed by atoms with van der Waals surface area (Å²) in [5.74, 6) is -0.737. The molecule has 5 nitrogen and oxygen atoms in total. The van der Waals surface area contributed by atoms with Gasteiger partial charge in [-0.25, -0.2) is 9.53 Å². The first-order chi connectivity index (χ1) is 16.6. The van der Waals surface area contributed by atoms with Crippen LogP contribution in [0.25, 0.3) is 21.8 Å². The summed E-state index contributed by atoms with van der Waals surface area (Å²) in [7, 11) is 0. The lowest BCUT2D eigenvalue weighted by atomic mass is 9.58. The van der Waals surface area contributed by atoms with E-state index in [0.717, 1.165) is 28.9 Å². The third-order valence-corrected chi connectivity index (χ3v) is 7.16. The molecule has 1 aromatic heterocycles. The number of aromatic nitrogens is 2. The van der Waals surface area contributed by atoms with Crippen molar-refractivity contribution >= 4 is 5.78 Å². The number of hydrogen-bond donors (Lipinski definition) is 0. The van der Waals surface area contributed by atoms with Crippen LogP contribution in [0, 0.1) is 18.4 Å². The highest BCUT2D eigenvalue weighted by Crippen LogP contribution is 2.51. The molecule has 0 unspecified atom stereocenters. The summed E-state index contributed by atoms with van der Waals surface area (Å²) in [5, 5.41) is 4.98. The number of nitrogens with zero attached hydrogens (tertiary/aromatic N) is 3. The van der Waals surface area contributed by atoms with Gasteiger partial charge in [0, 0.05) is 22.5 Å². The van der Waals surface area contributed by atoms with Crippen molar-refractivity contribution in [3.05, 3.63) is 89.0 Å². The van der Waals surface area contributed by atoms with E-state index in [1.54, 1.807) is 22.9 Å². The fraction of sp³-hybridized carbons (Fsp3) is 0.296. The Morgan fingerprint density at radius 2 is 1.83 bits per heavy atom. The zero-order valence-electron chi connectivity index (χ0n) is 19.1. The number of alkyl halides is 3. The van der Waals surface area contributed by atoms with Gasteiger partial charge < -0.3 is 9.53 Å². The molecule has 0 spiro atoms. The van der Waals surface area contributed by atoms with E-state index < -0.39 is 11.8 Å². The van der Waals surface area contributed by atoms with Crippen LogP contribution in [0.1, 0.15) is 31.5 Å². The first-order valence-electron chi connectivity index (χ1n) is 11.3. The predicted octanol–water partition coefficient (Wildman–Crippen LogP) is 6.28. The molecule has 0 bridgehead atoms. The number of ether oxygens (including phenoxy) is 1. The molecule has 3 aromatic rings. The smallest absolute Gasteiger partial charge is 0.406 e. The van der Waals surface area contributed by atoms with Crippen molar-refractivity contribution in [1.29, 1.82) is 0 Å². The minimum Gasteiger partial charge on any atom is -0.406 e. The number of halogens is 3. The van der Waals surface area contributed by atoms with E-state index in [9.17, 15) is 18.0 Å². The first kappa shape index (κ1) is 22.9. The number of carbonyl (C=O) groups excluding carboxylic acids is 1. The Morgan fingerprint density at radius 3 is 2.46 bits per heavy atom. The second-order valence-corrected chi connectivity index (χ2v) is 9.22. The van der Waals surface area contributed by atoms with Crippen LogP contribution in [0.3, 0.4) is 0 Å². The molecule has 0 saturated heterocycles. The molecule has 2 aromatic carbocycles. The van der Waals surface area contributed by atoms with Gasteiger partial charge in [-0.15, -0.1) is 13.2 Å². The monoisotopic (exact) mass is 477 g/mol. The largest absolute Gasteiger partial charge is 0.573 e. The molecule has 5 rings (SSSR count). The average Bonchev–Trinajstić information content (AvgIpc) is 3.22. The van der Waals surface area contributed by atoms with Crippen molar-refractivity contribution in [3.8, 4) is 22.7 Å². The van der Waals surface area contributed by atoms with Crippen molar-refractivity contribution in [3.63, 3.8) is 0 Å². The highest BCUT2D eigenvalue weighted by atomic mass is 19.4. The van der Waals surface area contributed by atoms with E-state index in [2.05, 4.69) is 9.58 Å². The molecule has 178 valence electrons. The van der Waals surface area contributed by atoms with Gasteiger partial charge in [0.2, 0.25) is 5.70 Å². The first-order valence-corrected chi connectivity index (χ1v) is 11.3. The lowest BCUT2D eigenvalue weighted by molar-refractivity contribution is -0.274. The van der Waals surface area contributed by atoms with Gasteiger partial charge in [-0.2, -0.15) is 5.10 Å². The lowest BCUT2D eigenvalue weighted by Crippen LogP contribution is -2.45. The standard InChI is InChI=1S/C27H22F3N3O2/c1-16-21-14-13-20-23(17-7-5-4-6-8-17)33(18-9-11-19(12-10-18)35-27(28,29)30)32-25(20)26(21,2)15-22(31-3)24(16)34/h4-12,15-16,21H,13-14H2,1-2H3/t16-,21-,26-/m1/s1. The summed E-state index contributed by atoms with van der Waals surface area (Å²) in [6.45, 7) is 11.4. The maximum atomic E-state index is 12.7.